The van der Waals surface area contributed by atoms with E-state index in [1.807, 2.05) is 47.8 Å². The number of hydrogen-bond acceptors (Lipinski definition) is 4. The molecule has 3 rings (SSSR count). The Morgan fingerprint density at radius 1 is 1.00 bits per heavy atom. The molecule has 1 heterocycles. The molecule has 0 bridgehead atoms. The maximum Gasteiger partial charge on any atom is 0.287 e. The molecule has 0 aliphatic heterocycles. The minimum atomic E-state index is -0.510. The van der Waals surface area contributed by atoms with Crippen molar-refractivity contribution in [3.8, 4) is 0 Å². The molecule has 0 saturated heterocycles. The van der Waals surface area contributed by atoms with Gasteiger partial charge in [-0.15, -0.1) is 11.3 Å². The Morgan fingerprint density at radius 2 is 1.82 bits per heavy atom. The van der Waals surface area contributed by atoms with Crippen molar-refractivity contribution >= 4 is 51.4 Å². The van der Waals surface area contributed by atoms with Gasteiger partial charge in [0.25, 0.3) is 11.8 Å². The third-order valence-corrected chi connectivity index (χ3v) is 4.90. The normalized spacial score (nSPS) is 11.4. The molecule has 0 aliphatic carbocycles. The Hall–Kier alpha value is -3.03. The molecule has 0 atom stereocenters. The first-order valence-corrected chi connectivity index (χ1v) is 9.99. The first kappa shape index (κ1) is 19.7. The molecule has 0 unspecified atom stereocenters. The van der Waals surface area contributed by atoms with E-state index in [4.69, 9.17) is 0 Å². The van der Waals surface area contributed by atoms with Gasteiger partial charge in [-0.3, -0.25) is 9.59 Å². The standard InChI is InChI=1S/C21H16BrN3O2S/c22-17-9-4-6-15(12-17)14-23-25-21(27)19(13-18-10-5-11-28-18)24-20(26)16-7-2-1-3-8-16/h1-14H,(H,24,26)(H,25,27)/b19-13-,23-14?. The molecule has 0 saturated carbocycles. The molecule has 0 fully saturated rings. The summed E-state index contributed by atoms with van der Waals surface area (Å²) in [5.74, 6) is -0.876. The van der Waals surface area contributed by atoms with Gasteiger partial charge in [0.15, 0.2) is 0 Å². The molecule has 28 heavy (non-hydrogen) atoms. The zero-order valence-corrected chi connectivity index (χ0v) is 17.0. The average molecular weight is 454 g/mol. The van der Waals surface area contributed by atoms with Crippen molar-refractivity contribution in [2.45, 2.75) is 0 Å². The number of carbonyl (C=O) groups is 2. The molecule has 1 aromatic heterocycles. The Labute approximate surface area is 174 Å². The molecule has 2 N–H and O–H groups in total. The summed E-state index contributed by atoms with van der Waals surface area (Å²) in [6.45, 7) is 0. The quantitative estimate of drug-likeness (QED) is 0.329. The van der Waals surface area contributed by atoms with E-state index >= 15 is 0 Å². The zero-order chi connectivity index (χ0) is 19.8. The third kappa shape index (κ3) is 5.73. The van der Waals surface area contributed by atoms with Gasteiger partial charge in [-0.25, -0.2) is 5.43 Å². The number of hydrogen-bond donors (Lipinski definition) is 2. The summed E-state index contributed by atoms with van der Waals surface area (Å²) in [4.78, 5) is 25.9. The fraction of sp³-hybridized carbons (Fsp3) is 0. The van der Waals surface area contributed by atoms with E-state index in [2.05, 4.69) is 31.8 Å². The number of nitrogens with zero attached hydrogens (tertiary/aromatic N) is 1. The molecule has 7 heteroatoms. The van der Waals surface area contributed by atoms with Crippen molar-refractivity contribution in [3.63, 3.8) is 0 Å². The van der Waals surface area contributed by atoms with Crippen LogP contribution in [0.3, 0.4) is 0 Å². The third-order valence-electron chi connectivity index (χ3n) is 3.59. The van der Waals surface area contributed by atoms with E-state index in [9.17, 15) is 9.59 Å². The molecule has 0 spiro atoms. The number of rotatable bonds is 6. The minimum Gasteiger partial charge on any atom is -0.317 e. The topological polar surface area (TPSA) is 70.6 Å². The van der Waals surface area contributed by atoms with Crippen LogP contribution in [0.4, 0.5) is 0 Å². The fourth-order valence-electron chi connectivity index (χ4n) is 2.27. The lowest BCUT2D eigenvalue weighted by molar-refractivity contribution is -0.117. The molecular formula is C21H16BrN3O2S. The highest BCUT2D eigenvalue weighted by atomic mass is 79.9. The Bertz CT molecular complexity index is 1020. The first-order chi connectivity index (χ1) is 13.6. The molecule has 3 aromatic rings. The Morgan fingerprint density at radius 3 is 2.54 bits per heavy atom. The van der Waals surface area contributed by atoms with Crippen molar-refractivity contribution in [2.75, 3.05) is 0 Å². The molecule has 5 nitrogen and oxygen atoms in total. The first-order valence-electron chi connectivity index (χ1n) is 8.32. The van der Waals surface area contributed by atoms with E-state index in [1.54, 1.807) is 30.3 Å². The van der Waals surface area contributed by atoms with Crippen LogP contribution in [-0.2, 0) is 4.79 Å². The van der Waals surface area contributed by atoms with E-state index < -0.39 is 5.91 Å². The number of amides is 2. The summed E-state index contributed by atoms with van der Waals surface area (Å²) >= 11 is 4.85. The lowest BCUT2D eigenvalue weighted by atomic mass is 10.2. The number of hydrazone groups is 1. The van der Waals surface area contributed by atoms with Gasteiger partial charge in [0.05, 0.1) is 6.21 Å². The SMILES string of the molecule is O=C(NN=Cc1cccc(Br)c1)/C(=C/c1cccs1)NC(=O)c1ccccc1. The van der Waals surface area contributed by atoms with Crippen LogP contribution in [-0.4, -0.2) is 18.0 Å². The summed E-state index contributed by atoms with van der Waals surface area (Å²) in [6.07, 6.45) is 3.15. The second-order valence-corrected chi connectivity index (χ2v) is 7.54. The van der Waals surface area contributed by atoms with E-state index in [0.29, 0.717) is 5.56 Å². The van der Waals surface area contributed by atoms with Crippen LogP contribution in [0.2, 0.25) is 0 Å². The molecular weight excluding hydrogens is 438 g/mol. The van der Waals surface area contributed by atoms with Crippen LogP contribution in [0.1, 0.15) is 20.8 Å². The van der Waals surface area contributed by atoms with Crippen LogP contribution in [0.25, 0.3) is 6.08 Å². The second kappa shape index (κ2) is 9.77. The lowest BCUT2D eigenvalue weighted by Gasteiger charge is -2.08. The van der Waals surface area contributed by atoms with Crippen LogP contribution < -0.4 is 10.7 Å². The maximum absolute atomic E-state index is 12.6. The van der Waals surface area contributed by atoms with Crippen LogP contribution in [0.15, 0.2) is 87.4 Å². The van der Waals surface area contributed by atoms with Gasteiger partial charge in [0, 0.05) is 14.9 Å². The van der Waals surface area contributed by atoms with Gasteiger partial charge in [-0.05, 0) is 47.4 Å². The van der Waals surface area contributed by atoms with Crippen LogP contribution in [0.5, 0.6) is 0 Å². The highest BCUT2D eigenvalue weighted by Crippen LogP contribution is 2.13. The van der Waals surface area contributed by atoms with Crippen molar-refractivity contribution in [3.05, 3.63) is 98.3 Å². The predicted molar refractivity (Wildman–Crippen MR) is 116 cm³/mol. The maximum atomic E-state index is 12.6. The second-order valence-electron chi connectivity index (χ2n) is 5.65. The van der Waals surface area contributed by atoms with Crippen molar-refractivity contribution < 1.29 is 9.59 Å². The number of thiophene rings is 1. The summed E-state index contributed by atoms with van der Waals surface area (Å²) in [6, 6.07) is 19.9. The minimum absolute atomic E-state index is 0.114. The van der Waals surface area contributed by atoms with Crippen molar-refractivity contribution in [1.29, 1.82) is 0 Å². The Balaban J connectivity index is 1.74. The van der Waals surface area contributed by atoms with E-state index in [-0.39, 0.29) is 11.6 Å². The number of carbonyl (C=O) groups excluding carboxylic acids is 2. The summed E-state index contributed by atoms with van der Waals surface area (Å²) in [5, 5.41) is 8.54. The number of nitrogens with one attached hydrogen (secondary N) is 2. The van der Waals surface area contributed by atoms with Crippen molar-refractivity contribution in [1.82, 2.24) is 10.7 Å². The lowest BCUT2D eigenvalue weighted by Crippen LogP contribution is -2.32. The van der Waals surface area contributed by atoms with Gasteiger partial charge < -0.3 is 5.32 Å². The molecule has 0 aliphatic rings. The number of benzene rings is 2. The smallest absolute Gasteiger partial charge is 0.287 e. The zero-order valence-electron chi connectivity index (χ0n) is 14.6. The largest absolute Gasteiger partial charge is 0.317 e. The van der Waals surface area contributed by atoms with Crippen LogP contribution >= 0.6 is 27.3 Å². The highest BCUT2D eigenvalue weighted by molar-refractivity contribution is 9.10. The van der Waals surface area contributed by atoms with Gasteiger partial charge in [-0.1, -0.05) is 52.3 Å². The van der Waals surface area contributed by atoms with E-state index in [1.165, 1.54) is 17.6 Å². The fourth-order valence-corrected chi connectivity index (χ4v) is 3.34. The molecule has 140 valence electrons. The highest BCUT2D eigenvalue weighted by Gasteiger charge is 2.14. The predicted octanol–water partition coefficient (Wildman–Crippen LogP) is 4.43. The van der Waals surface area contributed by atoms with Gasteiger partial charge in [0.2, 0.25) is 0 Å². The molecule has 2 amide bonds. The van der Waals surface area contributed by atoms with Gasteiger partial charge in [0.1, 0.15) is 5.70 Å². The van der Waals surface area contributed by atoms with Crippen molar-refractivity contribution in [2.24, 2.45) is 5.10 Å². The molecule has 2 aromatic carbocycles. The average Bonchev–Trinajstić information content (AvgIpc) is 3.21. The number of halogens is 1. The van der Waals surface area contributed by atoms with Crippen LogP contribution in [0, 0.1) is 0 Å². The van der Waals surface area contributed by atoms with Gasteiger partial charge in [-0.2, -0.15) is 5.10 Å². The van der Waals surface area contributed by atoms with Gasteiger partial charge >= 0.3 is 0 Å². The van der Waals surface area contributed by atoms with E-state index in [0.717, 1.165) is 14.9 Å². The Kier molecular flexibility index (Phi) is 6.89. The summed E-state index contributed by atoms with van der Waals surface area (Å²) in [5.41, 5.74) is 3.86. The summed E-state index contributed by atoms with van der Waals surface area (Å²) < 4.78 is 0.913. The molecule has 0 radical (unpaired) electrons. The summed E-state index contributed by atoms with van der Waals surface area (Å²) in [7, 11) is 0. The monoisotopic (exact) mass is 453 g/mol.